The summed E-state index contributed by atoms with van der Waals surface area (Å²) in [4.78, 5) is 0. The molecule has 0 aliphatic heterocycles. The SMILES string of the molecule is CC(C)C.NCCO. The molecule has 0 atom stereocenters. The van der Waals surface area contributed by atoms with Gasteiger partial charge in [-0.3, -0.25) is 0 Å². The molecule has 0 aromatic heterocycles. The predicted molar refractivity (Wildman–Crippen MR) is 36.7 cm³/mol. The van der Waals surface area contributed by atoms with E-state index in [1.165, 1.54) is 0 Å². The average Bonchev–Trinajstić information content (AvgIpc) is 1.65. The Hall–Kier alpha value is -0.0800. The van der Waals surface area contributed by atoms with Crippen LogP contribution in [0, 0.1) is 5.92 Å². The van der Waals surface area contributed by atoms with Gasteiger partial charge in [0.2, 0.25) is 0 Å². The molecule has 3 N–H and O–H groups in total. The minimum Gasteiger partial charge on any atom is -0.395 e. The number of nitrogens with two attached hydrogens (primary N) is 1. The average molecular weight is 119 g/mol. The number of aliphatic hydroxyl groups excluding tert-OH is 1. The van der Waals surface area contributed by atoms with Gasteiger partial charge in [0.15, 0.2) is 0 Å². The van der Waals surface area contributed by atoms with E-state index in [-0.39, 0.29) is 6.61 Å². The molecular weight excluding hydrogens is 102 g/mol. The zero-order valence-electron chi connectivity index (χ0n) is 6.02. The lowest BCUT2D eigenvalue weighted by Crippen LogP contribution is -2.02. The van der Waals surface area contributed by atoms with Crippen molar-refractivity contribution in [3.8, 4) is 0 Å². The van der Waals surface area contributed by atoms with Crippen molar-refractivity contribution in [3.05, 3.63) is 0 Å². The van der Waals surface area contributed by atoms with Crippen molar-refractivity contribution >= 4 is 0 Å². The molecule has 0 amide bonds. The summed E-state index contributed by atoms with van der Waals surface area (Å²) in [6.07, 6.45) is 0. The summed E-state index contributed by atoms with van der Waals surface area (Å²) >= 11 is 0. The van der Waals surface area contributed by atoms with Gasteiger partial charge in [0.25, 0.3) is 0 Å². The molecular formula is C6H17NO. The minimum atomic E-state index is 0.0972. The quantitative estimate of drug-likeness (QED) is 0.531. The van der Waals surface area contributed by atoms with Crippen molar-refractivity contribution in [3.63, 3.8) is 0 Å². The van der Waals surface area contributed by atoms with Gasteiger partial charge in [-0.15, -0.1) is 0 Å². The van der Waals surface area contributed by atoms with Crippen LogP contribution in [0.3, 0.4) is 0 Å². The summed E-state index contributed by atoms with van der Waals surface area (Å²) in [5.41, 5.74) is 4.78. The zero-order chi connectivity index (χ0) is 6.99. The van der Waals surface area contributed by atoms with Crippen LogP contribution in [0.5, 0.6) is 0 Å². The molecule has 2 nitrogen and oxygen atoms in total. The fourth-order valence-corrected chi connectivity index (χ4v) is 0. The first-order valence-electron chi connectivity index (χ1n) is 2.96. The second-order valence-corrected chi connectivity index (χ2v) is 2.24. The highest BCUT2D eigenvalue weighted by atomic mass is 16.3. The third kappa shape index (κ3) is 169. The molecule has 0 fully saturated rings. The van der Waals surface area contributed by atoms with Crippen LogP contribution in [0.25, 0.3) is 0 Å². The molecule has 0 spiro atoms. The molecule has 0 radical (unpaired) electrons. The molecule has 0 saturated carbocycles. The Balaban J connectivity index is 0. The minimum absolute atomic E-state index is 0.0972. The molecule has 0 aromatic carbocycles. The van der Waals surface area contributed by atoms with Gasteiger partial charge in [-0.25, -0.2) is 0 Å². The Morgan fingerprint density at radius 3 is 1.50 bits per heavy atom. The van der Waals surface area contributed by atoms with Crippen LogP contribution in [0.1, 0.15) is 20.8 Å². The monoisotopic (exact) mass is 119 g/mol. The fraction of sp³-hybridized carbons (Fsp3) is 1.00. The molecule has 8 heavy (non-hydrogen) atoms. The normalized spacial score (nSPS) is 8.25. The highest BCUT2D eigenvalue weighted by Crippen LogP contribution is 1.81. The van der Waals surface area contributed by atoms with E-state index in [0.29, 0.717) is 6.54 Å². The van der Waals surface area contributed by atoms with E-state index in [1.54, 1.807) is 0 Å². The van der Waals surface area contributed by atoms with Gasteiger partial charge in [0.1, 0.15) is 0 Å². The fourth-order valence-electron chi connectivity index (χ4n) is 0. The summed E-state index contributed by atoms with van der Waals surface area (Å²) < 4.78 is 0. The maximum atomic E-state index is 7.75. The molecule has 0 aliphatic carbocycles. The predicted octanol–water partition coefficient (Wildman–Crippen LogP) is 0.600. The summed E-state index contributed by atoms with van der Waals surface area (Å²) in [5, 5.41) is 7.75. The zero-order valence-corrected chi connectivity index (χ0v) is 6.02. The highest BCUT2D eigenvalue weighted by Gasteiger charge is 1.68. The van der Waals surface area contributed by atoms with Crippen LogP contribution in [0.2, 0.25) is 0 Å². The molecule has 0 aromatic rings. The van der Waals surface area contributed by atoms with Crippen molar-refractivity contribution in [2.24, 2.45) is 11.7 Å². The molecule has 52 valence electrons. The van der Waals surface area contributed by atoms with Crippen LogP contribution in [0.4, 0.5) is 0 Å². The van der Waals surface area contributed by atoms with E-state index in [2.05, 4.69) is 20.8 Å². The first kappa shape index (κ1) is 10.8. The first-order valence-corrected chi connectivity index (χ1v) is 2.96. The Bertz CT molecular complexity index is 25.0. The summed E-state index contributed by atoms with van der Waals surface area (Å²) in [6, 6.07) is 0. The molecule has 0 aliphatic rings. The van der Waals surface area contributed by atoms with Gasteiger partial charge in [0.05, 0.1) is 6.61 Å². The lowest BCUT2D eigenvalue weighted by Gasteiger charge is -1.79. The van der Waals surface area contributed by atoms with Crippen LogP contribution in [-0.2, 0) is 0 Å². The summed E-state index contributed by atoms with van der Waals surface area (Å²) in [6.45, 7) is 6.97. The molecule has 0 heterocycles. The molecule has 0 saturated heterocycles. The van der Waals surface area contributed by atoms with E-state index in [1.807, 2.05) is 0 Å². The van der Waals surface area contributed by atoms with Gasteiger partial charge < -0.3 is 10.8 Å². The first-order chi connectivity index (χ1) is 3.65. The number of aliphatic hydroxyl groups is 1. The molecule has 0 rings (SSSR count). The molecule has 2 heteroatoms. The van der Waals surface area contributed by atoms with Crippen molar-refractivity contribution in [1.29, 1.82) is 0 Å². The van der Waals surface area contributed by atoms with Crippen LogP contribution < -0.4 is 5.73 Å². The summed E-state index contributed by atoms with van der Waals surface area (Å²) in [5.74, 6) is 0.833. The summed E-state index contributed by atoms with van der Waals surface area (Å²) in [7, 11) is 0. The lowest BCUT2D eigenvalue weighted by molar-refractivity contribution is 0.306. The number of hydrogen-bond donors (Lipinski definition) is 2. The van der Waals surface area contributed by atoms with E-state index in [0.717, 1.165) is 5.92 Å². The second-order valence-electron chi connectivity index (χ2n) is 2.24. The van der Waals surface area contributed by atoms with E-state index in [4.69, 9.17) is 10.8 Å². The smallest absolute Gasteiger partial charge is 0.0553 e. The van der Waals surface area contributed by atoms with Crippen molar-refractivity contribution < 1.29 is 5.11 Å². The Labute approximate surface area is 51.7 Å². The van der Waals surface area contributed by atoms with Gasteiger partial charge in [-0.1, -0.05) is 20.8 Å². The van der Waals surface area contributed by atoms with E-state index in [9.17, 15) is 0 Å². The Kier molecular flexibility index (Phi) is 13.6. The Morgan fingerprint density at radius 2 is 1.50 bits per heavy atom. The van der Waals surface area contributed by atoms with Gasteiger partial charge in [-0.05, 0) is 5.92 Å². The van der Waals surface area contributed by atoms with Crippen molar-refractivity contribution in [2.45, 2.75) is 20.8 Å². The van der Waals surface area contributed by atoms with Crippen LogP contribution in [0.15, 0.2) is 0 Å². The maximum Gasteiger partial charge on any atom is 0.0553 e. The molecule has 0 unspecified atom stereocenters. The lowest BCUT2D eigenvalue weighted by atomic mass is 10.3. The Morgan fingerprint density at radius 1 is 1.38 bits per heavy atom. The van der Waals surface area contributed by atoms with E-state index < -0.39 is 0 Å². The number of hydrogen-bond acceptors (Lipinski definition) is 2. The van der Waals surface area contributed by atoms with Crippen LogP contribution >= 0.6 is 0 Å². The van der Waals surface area contributed by atoms with Gasteiger partial charge >= 0.3 is 0 Å². The van der Waals surface area contributed by atoms with Gasteiger partial charge in [-0.2, -0.15) is 0 Å². The van der Waals surface area contributed by atoms with E-state index >= 15 is 0 Å². The van der Waals surface area contributed by atoms with Gasteiger partial charge in [0, 0.05) is 6.54 Å². The number of rotatable bonds is 1. The third-order valence-corrected chi connectivity index (χ3v) is 0.129. The second kappa shape index (κ2) is 10.0. The highest BCUT2D eigenvalue weighted by molar-refractivity contribution is 4.20. The maximum absolute atomic E-state index is 7.75. The molecule has 0 bridgehead atoms. The van der Waals surface area contributed by atoms with Crippen molar-refractivity contribution in [2.75, 3.05) is 13.2 Å². The largest absolute Gasteiger partial charge is 0.395 e. The topological polar surface area (TPSA) is 46.2 Å². The van der Waals surface area contributed by atoms with Crippen LogP contribution in [-0.4, -0.2) is 18.3 Å². The third-order valence-electron chi connectivity index (χ3n) is 0.129. The van der Waals surface area contributed by atoms with Crippen molar-refractivity contribution in [1.82, 2.24) is 0 Å². The standard InChI is InChI=1S/C4H10.C2H7NO/c1-4(2)3;3-1-2-4/h4H,1-3H3;4H,1-3H2.